The molecule has 1 heterocycles. The van der Waals surface area contributed by atoms with Gasteiger partial charge in [-0.1, -0.05) is 15.9 Å². The number of rotatable bonds is 1. The fourth-order valence-corrected chi connectivity index (χ4v) is 2.61. The summed E-state index contributed by atoms with van der Waals surface area (Å²) in [7, 11) is 0. The summed E-state index contributed by atoms with van der Waals surface area (Å²) in [6.45, 7) is -0.0457. The third-order valence-corrected chi connectivity index (χ3v) is 3.35. The van der Waals surface area contributed by atoms with E-state index in [2.05, 4.69) is 15.9 Å². The molecule has 1 aromatic carbocycles. The number of benzene rings is 1. The summed E-state index contributed by atoms with van der Waals surface area (Å²) in [6, 6.07) is 3.25. The van der Waals surface area contributed by atoms with Crippen LogP contribution in [-0.2, 0) is 6.61 Å². The molecule has 1 aromatic heterocycles. The van der Waals surface area contributed by atoms with Crippen molar-refractivity contribution >= 4 is 37.4 Å². The molecule has 1 N–H and O–H groups in total. The van der Waals surface area contributed by atoms with Gasteiger partial charge in [-0.2, -0.15) is 0 Å². The number of thiophene rings is 1. The van der Waals surface area contributed by atoms with E-state index in [1.165, 1.54) is 17.4 Å². The van der Waals surface area contributed by atoms with Gasteiger partial charge in [0.15, 0.2) is 0 Å². The number of fused-ring (bicyclic) bond motifs is 1. The molecule has 4 heteroatoms. The molecule has 0 unspecified atom stereocenters. The molecule has 0 fully saturated rings. The zero-order chi connectivity index (χ0) is 9.42. The molecular formula is C9H6BrFOS. The Morgan fingerprint density at radius 3 is 2.92 bits per heavy atom. The predicted octanol–water partition coefficient (Wildman–Crippen LogP) is 3.30. The van der Waals surface area contributed by atoms with Gasteiger partial charge < -0.3 is 5.11 Å². The van der Waals surface area contributed by atoms with Crippen molar-refractivity contribution in [3.8, 4) is 0 Å². The van der Waals surface area contributed by atoms with Gasteiger partial charge in [-0.15, -0.1) is 11.3 Å². The summed E-state index contributed by atoms with van der Waals surface area (Å²) in [5, 5.41) is 11.5. The second-order valence-corrected chi connectivity index (χ2v) is 4.48. The highest BCUT2D eigenvalue weighted by atomic mass is 79.9. The Bertz CT molecular complexity index is 452. The highest BCUT2D eigenvalue weighted by Crippen LogP contribution is 2.31. The summed E-state index contributed by atoms with van der Waals surface area (Å²) in [5.74, 6) is -0.242. The van der Waals surface area contributed by atoms with Crippen LogP contribution in [0.15, 0.2) is 22.0 Å². The molecule has 0 atom stereocenters. The maximum absolute atomic E-state index is 13.3. The Balaban J connectivity index is 2.82. The maximum atomic E-state index is 13.3. The van der Waals surface area contributed by atoms with Gasteiger partial charge in [-0.25, -0.2) is 4.39 Å². The predicted molar refractivity (Wildman–Crippen MR) is 55.4 cm³/mol. The zero-order valence-electron chi connectivity index (χ0n) is 6.55. The van der Waals surface area contributed by atoms with Crippen molar-refractivity contribution in [1.29, 1.82) is 0 Å². The molecule has 2 aromatic rings. The lowest BCUT2D eigenvalue weighted by Gasteiger charge is -1.96. The van der Waals surface area contributed by atoms with Gasteiger partial charge in [-0.3, -0.25) is 0 Å². The van der Waals surface area contributed by atoms with Crippen LogP contribution in [0.3, 0.4) is 0 Å². The van der Waals surface area contributed by atoms with E-state index < -0.39 is 0 Å². The van der Waals surface area contributed by atoms with Crippen molar-refractivity contribution in [2.75, 3.05) is 0 Å². The fraction of sp³-hybridized carbons (Fsp3) is 0.111. The van der Waals surface area contributed by atoms with Gasteiger partial charge in [0, 0.05) is 9.86 Å². The van der Waals surface area contributed by atoms with Gasteiger partial charge in [0.2, 0.25) is 0 Å². The molecular weight excluding hydrogens is 255 g/mol. The number of hydrogen-bond donors (Lipinski definition) is 1. The number of aliphatic hydroxyl groups is 1. The SMILES string of the molecule is OCc1csc2c(F)cc(Br)cc12. The van der Waals surface area contributed by atoms with E-state index in [4.69, 9.17) is 5.11 Å². The Morgan fingerprint density at radius 2 is 2.23 bits per heavy atom. The summed E-state index contributed by atoms with van der Waals surface area (Å²) < 4.78 is 14.6. The Morgan fingerprint density at radius 1 is 1.46 bits per heavy atom. The molecule has 0 aliphatic rings. The molecule has 0 aliphatic carbocycles. The number of aliphatic hydroxyl groups excluding tert-OH is 1. The first-order valence-electron chi connectivity index (χ1n) is 3.68. The lowest BCUT2D eigenvalue weighted by molar-refractivity contribution is 0.284. The van der Waals surface area contributed by atoms with Crippen molar-refractivity contribution < 1.29 is 9.50 Å². The molecule has 0 saturated carbocycles. The van der Waals surface area contributed by atoms with Crippen LogP contribution in [-0.4, -0.2) is 5.11 Å². The lowest BCUT2D eigenvalue weighted by Crippen LogP contribution is -1.80. The molecule has 0 amide bonds. The molecule has 13 heavy (non-hydrogen) atoms. The topological polar surface area (TPSA) is 20.2 Å². The third-order valence-electron chi connectivity index (χ3n) is 1.84. The van der Waals surface area contributed by atoms with Crippen LogP contribution in [0.2, 0.25) is 0 Å². The van der Waals surface area contributed by atoms with Crippen LogP contribution in [0.4, 0.5) is 4.39 Å². The van der Waals surface area contributed by atoms with Crippen LogP contribution in [0.25, 0.3) is 10.1 Å². The first-order valence-corrected chi connectivity index (χ1v) is 5.35. The molecule has 68 valence electrons. The van der Waals surface area contributed by atoms with E-state index in [0.717, 1.165) is 10.9 Å². The van der Waals surface area contributed by atoms with E-state index in [1.807, 2.05) is 6.07 Å². The Kier molecular flexibility index (Phi) is 2.36. The summed E-state index contributed by atoms with van der Waals surface area (Å²) in [5.41, 5.74) is 0.778. The average Bonchev–Trinajstić information content (AvgIpc) is 2.47. The van der Waals surface area contributed by atoms with Gasteiger partial charge in [0.05, 0.1) is 11.3 Å². The van der Waals surface area contributed by atoms with E-state index in [1.54, 1.807) is 5.38 Å². The fourth-order valence-electron chi connectivity index (χ4n) is 1.23. The normalized spacial score (nSPS) is 11.0. The van der Waals surface area contributed by atoms with Crippen LogP contribution >= 0.6 is 27.3 Å². The van der Waals surface area contributed by atoms with Crippen molar-refractivity contribution in [2.24, 2.45) is 0 Å². The van der Waals surface area contributed by atoms with E-state index in [-0.39, 0.29) is 12.4 Å². The van der Waals surface area contributed by atoms with E-state index >= 15 is 0 Å². The molecule has 0 radical (unpaired) electrons. The standard InChI is InChI=1S/C9H6BrFOS/c10-6-1-7-5(3-12)4-13-9(7)8(11)2-6/h1-2,4,12H,3H2. The molecule has 0 aliphatic heterocycles. The average molecular weight is 261 g/mol. The van der Waals surface area contributed by atoms with Crippen LogP contribution in [0.5, 0.6) is 0 Å². The second-order valence-electron chi connectivity index (χ2n) is 2.68. The quantitative estimate of drug-likeness (QED) is 0.835. The number of halogens is 2. The monoisotopic (exact) mass is 260 g/mol. The Labute approximate surface area is 86.9 Å². The largest absolute Gasteiger partial charge is 0.392 e. The molecule has 1 nitrogen and oxygen atoms in total. The van der Waals surface area contributed by atoms with E-state index in [0.29, 0.717) is 9.17 Å². The van der Waals surface area contributed by atoms with Gasteiger partial charge in [-0.05, 0) is 23.1 Å². The maximum Gasteiger partial charge on any atom is 0.142 e. The smallest absolute Gasteiger partial charge is 0.142 e. The van der Waals surface area contributed by atoms with Crippen LogP contribution < -0.4 is 0 Å². The van der Waals surface area contributed by atoms with E-state index in [9.17, 15) is 4.39 Å². The third kappa shape index (κ3) is 1.49. The molecule has 2 rings (SSSR count). The molecule has 0 spiro atoms. The van der Waals surface area contributed by atoms with Gasteiger partial charge in [0.1, 0.15) is 5.82 Å². The van der Waals surface area contributed by atoms with Crippen molar-refractivity contribution in [1.82, 2.24) is 0 Å². The van der Waals surface area contributed by atoms with Crippen LogP contribution in [0.1, 0.15) is 5.56 Å². The Hall–Kier alpha value is -0.450. The second kappa shape index (κ2) is 3.36. The van der Waals surface area contributed by atoms with Crippen molar-refractivity contribution in [3.63, 3.8) is 0 Å². The van der Waals surface area contributed by atoms with Crippen molar-refractivity contribution in [3.05, 3.63) is 33.4 Å². The first-order chi connectivity index (χ1) is 6.22. The van der Waals surface area contributed by atoms with Crippen molar-refractivity contribution in [2.45, 2.75) is 6.61 Å². The van der Waals surface area contributed by atoms with Crippen LogP contribution in [0, 0.1) is 5.82 Å². The first kappa shape index (κ1) is 9.12. The van der Waals surface area contributed by atoms with Gasteiger partial charge >= 0.3 is 0 Å². The molecule has 0 saturated heterocycles. The highest BCUT2D eigenvalue weighted by Gasteiger charge is 2.08. The summed E-state index contributed by atoms with van der Waals surface area (Å²) in [6.07, 6.45) is 0. The summed E-state index contributed by atoms with van der Waals surface area (Å²) >= 11 is 4.53. The zero-order valence-corrected chi connectivity index (χ0v) is 8.95. The highest BCUT2D eigenvalue weighted by molar-refractivity contribution is 9.10. The molecule has 0 bridgehead atoms. The minimum Gasteiger partial charge on any atom is -0.392 e. The number of hydrogen-bond acceptors (Lipinski definition) is 2. The lowest BCUT2D eigenvalue weighted by atomic mass is 10.2. The minimum absolute atomic E-state index is 0.0457. The summed E-state index contributed by atoms with van der Waals surface area (Å²) in [4.78, 5) is 0. The van der Waals surface area contributed by atoms with Gasteiger partial charge in [0.25, 0.3) is 0 Å². The minimum atomic E-state index is -0.242.